The zero-order valence-corrected chi connectivity index (χ0v) is 8.14. The lowest BCUT2D eigenvalue weighted by Crippen LogP contribution is -2.26. The Hall–Kier alpha value is -1.09. The number of hydrogen-bond acceptors (Lipinski definition) is 2. The molecule has 2 nitrogen and oxygen atoms in total. The van der Waals surface area contributed by atoms with Crippen LogP contribution in [0.25, 0.3) is 0 Å². The Bertz CT molecular complexity index is 329. The van der Waals surface area contributed by atoms with Gasteiger partial charge in [0.25, 0.3) is 5.91 Å². The van der Waals surface area contributed by atoms with Crippen molar-refractivity contribution in [2.75, 3.05) is 13.1 Å². The summed E-state index contributed by atoms with van der Waals surface area (Å²) in [6.07, 6.45) is 0.955. The Morgan fingerprint density at radius 1 is 1.62 bits per heavy atom. The predicted molar refractivity (Wildman–Crippen MR) is 54.0 cm³/mol. The molecule has 0 saturated carbocycles. The van der Waals surface area contributed by atoms with Gasteiger partial charge in [-0.3, -0.25) is 4.79 Å². The van der Waals surface area contributed by atoms with Crippen molar-refractivity contribution in [2.24, 2.45) is 0 Å². The lowest BCUT2D eigenvalue weighted by Gasteiger charge is -2.12. The van der Waals surface area contributed by atoms with Crippen molar-refractivity contribution in [3.05, 3.63) is 34.5 Å². The SMILES string of the molecule is C=C1CCN(C(=O)c2cccs2)C1. The molecule has 0 aromatic carbocycles. The summed E-state index contributed by atoms with van der Waals surface area (Å²) < 4.78 is 0. The van der Waals surface area contributed by atoms with Crippen molar-refractivity contribution in [3.8, 4) is 0 Å². The van der Waals surface area contributed by atoms with Gasteiger partial charge in [-0.05, 0) is 17.9 Å². The van der Waals surface area contributed by atoms with Gasteiger partial charge in [0.15, 0.2) is 0 Å². The molecule has 1 aliphatic rings. The molecule has 13 heavy (non-hydrogen) atoms. The van der Waals surface area contributed by atoms with Crippen LogP contribution in [0.5, 0.6) is 0 Å². The molecule has 0 spiro atoms. The first kappa shape index (κ1) is 8.51. The molecular weight excluding hydrogens is 182 g/mol. The van der Waals surface area contributed by atoms with Crippen LogP contribution in [0.1, 0.15) is 16.1 Å². The number of likely N-dealkylation sites (tertiary alicyclic amines) is 1. The van der Waals surface area contributed by atoms with Crippen molar-refractivity contribution >= 4 is 17.2 Å². The molecule has 1 aliphatic heterocycles. The summed E-state index contributed by atoms with van der Waals surface area (Å²) >= 11 is 1.50. The molecule has 2 rings (SSSR count). The highest BCUT2D eigenvalue weighted by atomic mass is 32.1. The van der Waals surface area contributed by atoms with Crippen LogP contribution >= 0.6 is 11.3 Å². The van der Waals surface area contributed by atoms with E-state index in [0.29, 0.717) is 0 Å². The highest BCUT2D eigenvalue weighted by Gasteiger charge is 2.21. The van der Waals surface area contributed by atoms with Crippen molar-refractivity contribution in [1.82, 2.24) is 4.90 Å². The fourth-order valence-corrected chi connectivity index (χ4v) is 2.14. The lowest BCUT2D eigenvalue weighted by atomic mass is 10.3. The largest absolute Gasteiger partial charge is 0.334 e. The Labute approximate surface area is 81.5 Å². The van der Waals surface area contributed by atoms with Crippen LogP contribution in [0, 0.1) is 0 Å². The first-order valence-corrected chi connectivity index (χ1v) is 5.15. The van der Waals surface area contributed by atoms with E-state index in [2.05, 4.69) is 6.58 Å². The highest BCUT2D eigenvalue weighted by molar-refractivity contribution is 7.12. The molecule has 2 heterocycles. The van der Waals surface area contributed by atoms with E-state index in [1.165, 1.54) is 11.3 Å². The zero-order chi connectivity index (χ0) is 9.26. The third kappa shape index (κ3) is 1.65. The molecule has 3 heteroatoms. The molecular formula is C10H11NOS. The maximum atomic E-state index is 11.7. The van der Waals surface area contributed by atoms with Crippen LogP contribution in [-0.4, -0.2) is 23.9 Å². The zero-order valence-electron chi connectivity index (χ0n) is 7.32. The topological polar surface area (TPSA) is 20.3 Å². The summed E-state index contributed by atoms with van der Waals surface area (Å²) in [5, 5.41) is 1.93. The van der Waals surface area contributed by atoms with Crippen LogP contribution < -0.4 is 0 Å². The van der Waals surface area contributed by atoms with Gasteiger partial charge in [0.1, 0.15) is 0 Å². The van der Waals surface area contributed by atoms with E-state index < -0.39 is 0 Å². The average molecular weight is 193 g/mol. The van der Waals surface area contributed by atoms with Crippen LogP contribution in [0.15, 0.2) is 29.7 Å². The quantitative estimate of drug-likeness (QED) is 0.626. The molecule has 1 aromatic heterocycles. The van der Waals surface area contributed by atoms with Crippen molar-refractivity contribution in [3.63, 3.8) is 0 Å². The highest BCUT2D eigenvalue weighted by Crippen LogP contribution is 2.18. The number of amides is 1. The standard InChI is InChI=1S/C10H11NOS/c1-8-4-5-11(7-8)10(12)9-3-2-6-13-9/h2-3,6H,1,4-5,7H2. The van der Waals surface area contributed by atoms with Crippen LogP contribution in [-0.2, 0) is 0 Å². The average Bonchev–Trinajstić information content (AvgIpc) is 2.72. The van der Waals surface area contributed by atoms with Crippen LogP contribution in [0.3, 0.4) is 0 Å². The van der Waals surface area contributed by atoms with E-state index in [4.69, 9.17) is 0 Å². The summed E-state index contributed by atoms with van der Waals surface area (Å²) in [7, 11) is 0. The molecule has 0 N–H and O–H groups in total. The van der Waals surface area contributed by atoms with Crippen LogP contribution in [0.4, 0.5) is 0 Å². The normalized spacial score (nSPS) is 16.6. The summed E-state index contributed by atoms with van der Waals surface area (Å²) in [6, 6.07) is 3.77. The van der Waals surface area contributed by atoms with Gasteiger partial charge >= 0.3 is 0 Å². The molecule has 0 bridgehead atoms. The molecule has 68 valence electrons. The van der Waals surface area contributed by atoms with E-state index in [1.54, 1.807) is 0 Å². The molecule has 1 saturated heterocycles. The minimum Gasteiger partial charge on any atom is -0.334 e. The van der Waals surface area contributed by atoms with E-state index in [-0.39, 0.29) is 5.91 Å². The van der Waals surface area contributed by atoms with Gasteiger partial charge in [-0.1, -0.05) is 18.2 Å². The first-order chi connectivity index (χ1) is 6.27. The second kappa shape index (κ2) is 3.34. The van der Waals surface area contributed by atoms with Crippen molar-refractivity contribution in [1.29, 1.82) is 0 Å². The Morgan fingerprint density at radius 2 is 2.46 bits per heavy atom. The third-order valence-electron chi connectivity index (χ3n) is 2.17. The molecule has 1 aromatic rings. The summed E-state index contributed by atoms with van der Waals surface area (Å²) in [6.45, 7) is 5.44. The lowest BCUT2D eigenvalue weighted by molar-refractivity contribution is 0.0801. The summed E-state index contributed by atoms with van der Waals surface area (Å²) in [5.74, 6) is 0.147. The van der Waals surface area contributed by atoms with Crippen LogP contribution in [0.2, 0.25) is 0 Å². The van der Waals surface area contributed by atoms with Gasteiger partial charge in [0.05, 0.1) is 4.88 Å². The maximum absolute atomic E-state index is 11.7. The number of nitrogens with zero attached hydrogens (tertiary/aromatic N) is 1. The van der Waals surface area contributed by atoms with E-state index in [0.717, 1.165) is 30.0 Å². The number of rotatable bonds is 1. The van der Waals surface area contributed by atoms with E-state index >= 15 is 0 Å². The predicted octanol–water partition coefficient (Wildman–Crippen LogP) is 2.15. The molecule has 1 amide bonds. The second-order valence-electron chi connectivity index (χ2n) is 3.20. The van der Waals surface area contributed by atoms with Gasteiger partial charge in [0.2, 0.25) is 0 Å². The molecule has 1 fully saturated rings. The molecule has 0 radical (unpaired) electrons. The number of hydrogen-bond donors (Lipinski definition) is 0. The van der Waals surface area contributed by atoms with Gasteiger partial charge in [-0.25, -0.2) is 0 Å². The fraction of sp³-hybridized carbons (Fsp3) is 0.300. The number of carbonyl (C=O) groups excluding carboxylic acids is 1. The second-order valence-corrected chi connectivity index (χ2v) is 4.15. The van der Waals surface area contributed by atoms with Gasteiger partial charge in [0, 0.05) is 13.1 Å². The number of carbonyl (C=O) groups is 1. The third-order valence-corrected chi connectivity index (χ3v) is 3.03. The Kier molecular flexibility index (Phi) is 2.19. The minimum absolute atomic E-state index is 0.147. The van der Waals surface area contributed by atoms with E-state index in [1.807, 2.05) is 22.4 Å². The summed E-state index contributed by atoms with van der Waals surface area (Å²) in [5.41, 5.74) is 1.16. The molecule has 0 unspecified atom stereocenters. The Morgan fingerprint density at radius 3 is 3.00 bits per heavy atom. The Balaban J connectivity index is 2.10. The first-order valence-electron chi connectivity index (χ1n) is 4.27. The van der Waals surface area contributed by atoms with Gasteiger partial charge < -0.3 is 4.90 Å². The monoisotopic (exact) mass is 193 g/mol. The van der Waals surface area contributed by atoms with Crippen molar-refractivity contribution < 1.29 is 4.79 Å². The number of thiophene rings is 1. The van der Waals surface area contributed by atoms with Crippen molar-refractivity contribution in [2.45, 2.75) is 6.42 Å². The van der Waals surface area contributed by atoms with E-state index in [9.17, 15) is 4.79 Å². The molecule has 0 atom stereocenters. The smallest absolute Gasteiger partial charge is 0.264 e. The van der Waals surface area contributed by atoms with Gasteiger partial charge in [-0.2, -0.15) is 0 Å². The maximum Gasteiger partial charge on any atom is 0.264 e. The fourth-order valence-electron chi connectivity index (χ4n) is 1.45. The van der Waals surface area contributed by atoms with Gasteiger partial charge in [-0.15, -0.1) is 11.3 Å². The summed E-state index contributed by atoms with van der Waals surface area (Å²) in [4.78, 5) is 14.4. The minimum atomic E-state index is 0.147. The molecule has 0 aliphatic carbocycles.